The Morgan fingerprint density at radius 3 is 2.81 bits per heavy atom. The molecular weight excluding hydrogens is 274 g/mol. The molecule has 1 unspecified atom stereocenters. The Morgan fingerprint density at radius 2 is 2.10 bits per heavy atom. The summed E-state index contributed by atoms with van der Waals surface area (Å²) in [6.07, 6.45) is 0. The van der Waals surface area contributed by atoms with Crippen LogP contribution in [0, 0.1) is 0 Å². The van der Waals surface area contributed by atoms with Crippen LogP contribution in [-0.4, -0.2) is 56.8 Å². The molecule has 1 aliphatic heterocycles. The lowest BCUT2D eigenvalue weighted by molar-refractivity contribution is -0.151. The SMILES string of the molecule is COCc1ccccc1C(=O)N1CCOCC1C(=O)OC. The molecule has 1 heterocycles. The Labute approximate surface area is 123 Å². The molecule has 21 heavy (non-hydrogen) atoms. The van der Waals surface area contributed by atoms with E-state index in [1.165, 1.54) is 12.0 Å². The van der Waals surface area contributed by atoms with Crippen molar-refractivity contribution in [3.8, 4) is 0 Å². The molecule has 1 aromatic carbocycles. The summed E-state index contributed by atoms with van der Waals surface area (Å²) in [5.74, 6) is -0.673. The van der Waals surface area contributed by atoms with E-state index in [0.29, 0.717) is 25.3 Å². The number of ether oxygens (including phenoxy) is 3. The molecule has 0 radical (unpaired) electrons. The van der Waals surface area contributed by atoms with Crippen LogP contribution in [0.3, 0.4) is 0 Å². The van der Waals surface area contributed by atoms with Gasteiger partial charge in [-0.3, -0.25) is 4.79 Å². The van der Waals surface area contributed by atoms with Gasteiger partial charge in [-0.25, -0.2) is 4.79 Å². The molecule has 0 aromatic heterocycles. The van der Waals surface area contributed by atoms with Gasteiger partial charge in [0, 0.05) is 19.2 Å². The van der Waals surface area contributed by atoms with Crippen molar-refractivity contribution >= 4 is 11.9 Å². The number of amides is 1. The van der Waals surface area contributed by atoms with Crippen molar-refractivity contribution in [2.75, 3.05) is 34.0 Å². The highest BCUT2D eigenvalue weighted by molar-refractivity contribution is 5.98. The minimum atomic E-state index is -0.702. The highest BCUT2D eigenvalue weighted by atomic mass is 16.5. The van der Waals surface area contributed by atoms with Crippen LogP contribution >= 0.6 is 0 Å². The third kappa shape index (κ3) is 3.40. The highest BCUT2D eigenvalue weighted by Gasteiger charge is 2.34. The molecule has 0 spiro atoms. The monoisotopic (exact) mass is 293 g/mol. The van der Waals surface area contributed by atoms with E-state index < -0.39 is 12.0 Å². The summed E-state index contributed by atoms with van der Waals surface area (Å²) in [6.45, 7) is 1.27. The van der Waals surface area contributed by atoms with Crippen LogP contribution < -0.4 is 0 Å². The Morgan fingerprint density at radius 1 is 1.33 bits per heavy atom. The third-order valence-electron chi connectivity index (χ3n) is 3.41. The Balaban J connectivity index is 2.27. The molecule has 1 aromatic rings. The number of nitrogens with zero attached hydrogens (tertiary/aromatic N) is 1. The van der Waals surface area contributed by atoms with Crippen molar-refractivity contribution in [3.05, 3.63) is 35.4 Å². The molecule has 1 fully saturated rings. The molecule has 0 N–H and O–H groups in total. The fourth-order valence-electron chi connectivity index (χ4n) is 2.34. The van der Waals surface area contributed by atoms with Crippen LogP contribution in [0.2, 0.25) is 0 Å². The fraction of sp³-hybridized carbons (Fsp3) is 0.467. The van der Waals surface area contributed by atoms with Gasteiger partial charge in [0.05, 0.1) is 26.9 Å². The van der Waals surface area contributed by atoms with Crippen LogP contribution in [0.5, 0.6) is 0 Å². The Kier molecular flexibility index (Phi) is 5.30. The molecule has 0 bridgehead atoms. The van der Waals surface area contributed by atoms with E-state index in [2.05, 4.69) is 0 Å². The zero-order valence-corrected chi connectivity index (χ0v) is 12.2. The number of rotatable bonds is 4. The van der Waals surface area contributed by atoms with Gasteiger partial charge in [-0.05, 0) is 11.6 Å². The predicted octanol–water partition coefficient (Wildman–Crippen LogP) is 0.847. The number of carbonyl (C=O) groups is 2. The van der Waals surface area contributed by atoms with Crippen LogP contribution in [0.1, 0.15) is 15.9 Å². The summed E-state index contributed by atoms with van der Waals surface area (Å²) in [7, 11) is 2.88. The van der Waals surface area contributed by atoms with Gasteiger partial charge in [0.2, 0.25) is 0 Å². The molecular formula is C15H19NO5. The maximum Gasteiger partial charge on any atom is 0.331 e. The lowest BCUT2D eigenvalue weighted by Gasteiger charge is -2.34. The molecule has 6 heteroatoms. The second-order valence-electron chi connectivity index (χ2n) is 4.70. The van der Waals surface area contributed by atoms with E-state index in [1.807, 2.05) is 12.1 Å². The van der Waals surface area contributed by atoms with E-state index >= 15 is 0 Å². The van der Waals surface area contributed by atoms with E-state index in [-0.39, 0.29) is 12.5 Å². The predicted molar refractivity (Wildman–Crippen MR) is 74.8 cm³/mol. The van der Waals surface area contributed by atoms with Gasteiger partial charge < -0.3 is 19.1 Å². The summed E-state index contributed by atoms with van der Waals surface area (Å²) < 4.78 is 15.1. The molecule has 6 nitrogen and oxygen atoms in total. The largest absolute Gasteiger partial charge is 0.467 e. The lowest BCUT2D eigenvalue weighted by Crippen LogP contribution is -2.53. The maximum atomic E-state index is 12.7. The van der Waals surface area contributed by atoms with Crippen molar-refractivity contribution in [1.82, 2.24) is 4.90 Å². The van der Waals surface area contributed by atoms with Crippen LogP contribution in [0.25, 0.3) is 0 Å². The summed E-state index contributed by atoms with van der Waals surface area (Å²) in [5.41, 5.74) is 1.33. The molecule has 1 saturated heterocycles. The summed E-state index contributed by atoms with van der Waals surface area (Å²) in [5, 5.41) is 0. The number of hydrogen-bond acceptors (Lipinski definition) is 5. The van der Waals surface area contributed by atoms with Gasteiger partial charge in [0.15, 0.2) is 6.04 Å². The quantitative estimate of drug-likeness (QED) is 0.770. The lowest BCUT2D eigenvalue weighted by atomic mass is 10.1. The molecule has 1 atom stereocenters. The van der Waals surface area contributed by atoms with Gasteiger partial charge in [0.1, 0.15) is 0 Å². The Bertz CT molecular complexity index is 517. The van der Waals surface area contributed by atoms with E-state index in [0.717, 1.165) is 5.56 Å². The van der Waals surface area contributed by atoms with Gasteiger partial charge in [-0.2, -0.15) is 0 Å². The van der Waals surface area contributed by atoms with Gasteiger partial charge in [0.25, 0.3) is 5.91 Å². The average molecular weight is 293 g/mol. The molecule has 1 amide bonds. The van der Waals surface area contributed by atoms with Gasteiger partial charge >= 0.3 is 5.97 Å². The third-order valence-corrected chi connectivity index (χ3v) is 3.41. The van der Waals surface area contributed by atoms with Crippen molar-refractivity contribution < 1.29 is 23.8 Å². The number of esters is 1. The van der Waals surface area contributed by atoms with Crippen LogP contribution in [-0.2, 0) is 25.6 Å². The minimum absolute atomic E-state index is 0.158. The number of hydrogen-bond donors (Lipinski definition) is 0. The second kappa shape index (κ2) is 7.19. The topological polar surface area (TPSA) is 65.1 Å². The fourth-order valence-corrected chi connectivity index (χ4v) is 2.34. The first-order chi connectivity index (χ1) is 10.2. The highest BCUT2D eigenvalue weighted by Crippen LogP contribution is 2.17. The van der Waals surface area contributed by atoms with Crippen molar-refractivity contribution in [1.29, 1.82) is 0 Å². The summed E-state index contributed by atoms with van der Waals surface area (Å²) in [6, 6.07) is 6.51. The van der Waals surface area contributed by atoms with Crippen molar-refractivity contribution in [3.63, 3.8) is 0 Å². The van der Waals surface area contributed by atoms with Crippen LogP contribution in [0.15, 0.2) is 24.3 Å². The molecule has 2 rings (SSSR count). The minimum Gasteiger partial charge on any atom is -0.467 e. The number of benzene rings is 1. The normalized spacial score (nSPS) is 18.4. The van der Waals surface area contributed by atoms with E-state index in [4.69, 9.17) is 14.2 Å². The van der Waals surface area contributed by atoms with Gasteiger partial charge in [-0.15, -0.1) is 0 Å². The second-order valence-corrected chi connectivity index (χ2v) is 4.70. The zero-order chi connectivity index (χ0) is 15.2. The van der Waals surface area contributed by atoms with E-state index in [9.17, 15) is 9.59 Å². The maximum absolute atomic E-state index is 12.7. The first-order valence-electron chi connectivity index (χ1n) is 6.72. The molecule has 1 aliphatic rings. The first-order valence-corrected chi connectivity index (χ1v) is 6.72. The number of methoxy groups -OCH3 is 2. The Hall–Kier alpha value is -1.92. The average Bonchev–Trinajstić information content (AvgIpc) is 2.54. The number of carbonyl (C=O) groups excluding carboxylic acids is 2. The standard InChI is InChI=1S/C15H19NO5/c1-19-9-11-5-3-4-6-12(11)14(17)16-7-8-21-10-13(16)15(18)20-2/h3-6,13H,7-10H2,1-2H3. The molecule has 0 aliphatic carbocycles. The van der Waals surface area contributed by atoms with E-state index in [1.54, 1.807) is 19.2 Å². The summed E-state index contributed by atoms with van der Waals surface area (Å²) in [4.78, 5) is 26.0. The summed E-state index contributed by atoms with van der Waals surface area (Å²) >= 11 is 0. The van der Waals surface area contributed by atoms with Gasteiger partial charge in [-0.1, -0.05) is 18.2 Å². The van der Waals surface area contributed by atoms with Crippen LogP contribution in [0.4, 0.5) is 0 Å². The first kappa shape index (κ1) is 15.5. The molecule has 0 saturated carbocycles. The smallest absolute Gasteiger partial charge is 0.331 e. The van der Waals surface area contributed by atoms with Crippen molar-refractivity contribution in [2.24, 2.45) is 0 Å². The van der Waals surface area contributed by atoms with Crippen molar-refractivity contribution in [2.45, 2.75) is 12.6 Å². The number of morpholine rings is 1. The molecule has 114 valence electrons. The zero-order valence-electron chi connectivity index (χ0n) is 12.2.